The molecule has 0 bridgehead atoms. The fourth-order valence-electron chi connectivity index (χ4n) is 1.77. The molecule has 1 atom stereocenters. The number of rotatable bonds is 7. The van der Waals surface area contributed by atoms with Gasteiger partial charge < -0.3 is 16.0 Å². The van der Waals surface area contributed by atoms with Gasteiger partial charge in [-0.3, -0.25) is 9.59 Å². The van der Waals surface area contributed by atoms with Crippen molar-refractivity contribution in [3.05, 3.63) is 0 Å². The maximum atomic E-state index is 12.0. The van der Waals surface area contributed by atoms with Gasteiger partial charge in [0.15, 0.2) is 0 Å². The molecular formula is C12H25N3O2. The maximum Gasteiger partial charge on any atom is 0.242 e. The van der Waals surface area contributed by atoms with Crippen molar-refractivity contribution < 1.29 is 9.59 Å². The monoisotopic (exact) mass is 243 g/mol. The van der Waals surface area contributed by atoms with Gasteiger partial charge >= 0.3 is 0 Å². The van der Waals surface area contributed by atoms with Crippen molar-refractivity contribution in [3.8, 4) is 0 Å². The summed E-state index contributed by atoms with van der Waals surface area (Å²) < 4.78 is 0. The molecule has 17 heavy (non-hydrogen) atoms. The Labute approximate surface area is 104 Å². The smallest absolute Gasteiger partial charge is 0.242 e. The van der Waals surface area contributed by atoms with E-state index in [4.69, 9.17) is 5.73 Å². The molecule has 0 aliphatic rings. The Morgan fingerprint density at radius 1 is 1.41 bits per heavy atom. The van der Waals surface area contributed by atoms with E-state index in [0.717, 1.165) is 6.42 Å². The van der Waals surface area contributed by atoms with E-state index in [1.165, 1.54) is 0 Å². The van der Waals surface area contributed by atoms with E-state index in [2.05, 4.69) is 5.32 Å². The minimum atomic E-state index is -0.795. The molecule has 1 unspecified atom stereocenters. The zero-order valence-corrected chi connectivity index (χ0v) is 11.4. The van der Waals surface area contributed by atoms with Crippen molar-refractivity contribution in [1.82, 2.24) is 10.2 Å². The number of nitrogens with one attached hydrogen (secondary N) is 1. The third-order valence-electron chi connectivity index (χ3n) is 2.78. The normalized spacial score (nSPS) is 13.9. The highest BCUT2D eigenvalue weighted by atomic mass is 16.2. The van der Waals surface area contributed by atoms with E-state index in [1.807, 2.05) is 6.92 Å². The summed E-state index contributed by atoms with van der Waals surface area (Å²) in [6, 6.07) is 0. The van der Waals surface area contributed by atoms with Gasteiger partial charge in [0.05, 0.1) is 5.54 Å². The van der Waals surface area contributed by atoms with Crippen molar-refractivity contribution in [2.45, 2.75) is 45.1 Å². The van der Waals surface area contributed by atoms with E-state index in [-0.39, 0.29) is 11.8 Å². The summed E-state index contributed by atoms with van der Waals surface area (Å²) >= 11 is 0. The lowest BCUT2D eigenvalue weighted by Gasteiger charge is -2.28. The highest BCUT2D eigenvalue weighted by molar-refractivity contribution is 5.85. The Morgan fingerprint density at radius 3 is 2.47 bits per heavy atom. The SMILES string of the molecule is CCCC(C)(N)C(=O)N(C)CCCC(=O)NC. The minimum Gasteiger partial charge on any atom is -0.359 e. The van der Waals surface area contributed by atoms with Gasteiger partial charge in [-0.2, -0.15) is 0 Å². The third kappa shape index (κ3) is 5.68. The molecule has 0 aliphatic carbocycles. The van der Waals surface area contributed by atoms with Crippen molar-refractivity contribution >= 4 is 11.8 Å². The molecule has 5 nitrogen and oxygen atoms in total. The van der Waals surface area contributed by atoms with E-state index >= 15 is 0 Å². The van der Waals surface area contributed by atoms with Gasteiger partial charge in [0, 0.05) is 27.1 Å². The fraction of sp³-hybridized carbons (Fsp3) is 0.833. The van der Waals surface area contributed by atoms with Crippen molar-refractivity contribution in [3.63, 3.8) is 0 Å². The first kappa shape index (κ1) is 15.9. The second-order valence-corrected chi connectivity index (χ2v) is 4.67. The van der Waals surface area contributed by atoms with E-state index in [1.54, 1.807) is 25.9 Å². The highest BCUT2D eigenvalue weighted by Crippen LogP contribution is 2.12. The number of nitrogens with zero attached hydrogens (tertiary/aromatic N) is 1. The lowest BCUT2D eigenvalue weighted by molar-refractivity contribution is -0.135. The van der Waals surface area contributed by atoms with Crippen LogP contribution in [0.2, 0.25) is 0 Å². The van der Waals surface area contributed by atoms with E-state index < -0.39 is 5.54 Å². The quantitative estimate of drug-likeness (QED) is 0.683. The molecule has 0 radical (unpaired) electrons. The van der Waals surface area contributed by atoms with Gasteiger partial charge in [-0.15, -0.1) is 0 Å². The summed E-state index contributed by atoms with van der Waals surface area (Å²) in [6.45, 7) is 4.32. The third-order valence-corrected chi connectivity index (χ3v) is 2.78. The number of amides is 2. The molecular weight excluding hydrogens is 218 g/mol. The van der Waals surface area contributed by atoms with Crippen LogP contribution in [-0.4, -0.2) is 42.9 Å². The largest absolute Gasteiger partial charge is 0.359 e. The molecule has 0 rings (SSSR count). The van der Waals surface area contributed by atoms with E-state index in [0.29, 0.717) is 25.8 Å². The summed E-state index contributed by atoms with van der Waals surface area (Å²) in [5.41, 5.74) is 5.16. The number of likely N-dealkylation sites (N-methyl/N-ethyl adjacent to an activating group) is 1. The average molecular weight is 243 g/mol. The number of carbonyl (C=O) groups is 2. The first-order chi connectivity index (χ1) is 7.85. The van der Waals surface area contributed by atoms with Crippen LogP contribution in [0.3, 0.4) is 0 Å². The van der Waals surface area contributed by atoms with Gasteiger partial charge in [0.1, 0.15) is 0 Å². The average Bonchev–Trinajstić information content (AvgIpc) is 2.27. The van der Waals surface area contributed by atoms with Gasteiger partial charge in [-0.1, -0.05) is 13.3 Å². The molecule has 0 saturated heterocycles. The summed E-state index contributed by atoms with van der Waals surface area (Å²) in [4.78, 5) is 24.6. The van der Waals surface area contributed by atoms with Crippen LogP contribution in [0.25, 0.3) is 0 Å². The standard InChI is InChI=1S/C12H25N3O2/c1-5-8-12(2,13)11(17)15(4)9-6-7-10(16)14-3/h5-9,13H2,1-4H3,(H,14,16). The molecule has 0 spiro atoms. The topological polar surface area (TPSA) is 75.4 Å². The minimum absolute atomic E-state index is 0.00471. The predicted molar refractivity (Wildman–Crippen MR) is 68.4 cm³/mol. The number of hydrogen-bond acceptors (Lipinski definition) is 3. The zero-order chi connectivity index (χ0) is 13.5. The Hall–Kier alpha value is -1.10. The Bertz CT molecular complexity index is 264. The first-order valence-electron chi connectivity index (χ1n) is 6.10. The molecule has 100 valence electrons. The van der Waals surface area contributed by atoms with Crippen molar-refractivity contribution in [2.24, 2.45) is 5.73 Å². The molecule has 0 saturated carbocycles. The molecule has 0 fully saturated rings. The van der Waals surface area contributed by atoms with Crippen LogP contribution in [0.4, 0.5) is 0 Å². The van der Waals surface area contributed by atoms with Crippen LogP contribution in [-0.2, 0) is 9.59 Å². The van der Waals surface area contributed by atoms with Crippen LogP contribution in [0.5, 0.6) is 0 Å². The summed E-state index contributed by atoms with van der Waals surface area (Å²) in [5, 5.41) is 2.55. The van der Waals surface area contributed by atoms with Crippen molar-refractivity contribution in [1.29, 1.82) is 0 Å². The Morgan fingerprint density at radius 2 is 2.00 bits per heavy atom. The second kappa shape index (κ2) is 7.27. The van der Waals surface area contributed by atoms with Crippen LogP contribution < -0.4 is 11.1 Å². The lowest BCUT2D eigenvalue weighted by Crippen LogP contribution is -2.52. The Balaban J connectivity index is 4.09. The number of hydrogen-bond donors (Lipinski definition) is 2. The summed E-state index contributed by atoms with van der Waals surface area (Å²) in [7, 11) is 3.34. The molecule has 0 aromatic heterocycles. The molecule has 0 aliphatic heterocycles. The van der Waals surface area contributed by atoms with Gasteiger partial charge in [-0.25, -0.2) is 0 Å². The lowest BCUT2D eigenvalue weighted by atomic mass is 9.96. The van der Waals surface area contributed by atoms with Crippen LogP contribution in [0, 0.1) is 0 Å². The van der Waals surface area contributed by atoms with Gasteiger partial charge in [0.2, 0.25) is 11.8 Å². The van der Waals surface area contributed by atoms with Crippen LogP contribution in [0.1, 0.15) is 39.5 Å². The number of nitrogens with two attached hydrogens (primary N) is 1. The molecule has 5 heteroatoms. The molecule has 3 N–H and O–H groups in total. The first-order valence-corrected chi connectivity index (χ1v) is 6.10. The van der Waals surface area contributed by atoms with Gasteiger partial charge in [-0.05, 0) is 19.8 Å². The maximum absolute atomic E-state index is 12.0. The van der Waals surface area contributed by atoms with Gasteiger partial charge in [0.25, 0.3) is 0 Å². The predicted octanol–water partition coefficient (Wildman–Crippen LogP) is 0.489. The van der Waals surface area contributed by atoms with Crippen LogP contribution in [0.15, 0.2) is 0 Å². The summed E-state index contributed by atoms with van der Waals surface area (Å²) in [5.74, 6) is -0.0637. The Kier molecular flexibility index (Phi) is 6.80. The zero-order valence-electron chi connectivity index (χ0n) is 11.4. The fourth-order valence-corrected chi connectivity index (χ4v) is 1.77. The summed E-state index contributed by atoms with van der Waals surface area (Å²) in [6.07, 6.45) is 2.64. The second-order valence-electron chi connectivity index (χ2n) is 4.67. The van der Waals surface area contributed by atoms with Crippen LogP contribution >= 0.6 is 0 Å². The molecule has 2 amide bonds. The number of carbonyl (C=O) groups excluding carboxylic acids is 2. The highest BCUT2D eigenvalue weighted by Gasteiger charge is 2.29. The van der Waals surface area contributed by atoms with Crippen molar-refractivity contribution in [2.75, 3.05) is 20.6 Å². The molecule has 0 aromatic carbocycles. The van der Waals surface area contributed by atoms with E-state index in [9.17, 15) is 9.59 Å². The molecule has 0 heterocycles. The molecule has 0 aromatic rings.